The molecule has 0 bridgehead atoms. The van der Waals surface area contributed by atoms with Crippen LogP contribution in [0, 0.1) is 11.3 Å². The second-order valence-corrected chi connectivity index (χ2v) is 9.13. The van der Waals surface area contributed by atoms with Crippen LogP contribution in [0.25, 0.3) is 6.08 Å². The molecule has 0 saturated heterocycles. The lowest BCUT2D eigenvalue weighted by atomic mass is 10.0. The summed E-state index contributed by atoms with van der Waals surface area (Å²) < 4.78 is 11.1. The zero-order chi connectivity index (χ0) is 25.3. The Bertz CT molecular complexity index is 1300. The molecule has 0 spiro atoms. The maximum atomic E-state index is 12.7. The van der Waals surface area contributed by atoms with Crippen LogP contribution in [0.3, 0.4) is 0 Å². The van der Waals surface area contributed by atoms with Crippen molar-refractivity contribution in [2.45, 2.75) is 32.9 Å². The van der Waals surface area contributed by atoms with E-state index in [2.05, 4.69) is 16.4 Å². The van der Waals surface area contributed by atoms with E-state index in [1.54, 1.807) is 35.5 Å². The average Bonchev–Trinajstić information content (AvgIpc) is 3.23. The van der Waals surface area contributed by atoms with Gasteiger partial charge in [-0.15, -0.1) is 11.3 Å². The van der Waals surface area contributed by atoms with E-state index in [4.69, 9.17) is 9.47 Å². The molecule has 0 unspecified atom stereocenters. The van der Waals surface area contributed by atoms with Gasteiger partial charge in [0, 0.05) is 41.0 Å². The van der Waals surface area contributed by atoms with Crippen molar-refractivity contribution in [1.82, 2.24) is 9.88 Å². The van der Waals surface area contributed by atoms with Crippen molar-refractivity contribution >= 4 is 34.4 Å². The van der Waals surface area contributed by atoms with Crippen LogP contribution in [0.2, 0.25) is 0 Å². The SMILES string of the molecule is CCOc1ccccc1/C=C/C(=O)Nc1sc2c(c1CC#N)CCN(C(=O)OCc1ccncc1)C2. The van der Waals surface area contributed by atoms with Gasteiger partial charge in [-0.3, -0.25) is 9.78 Å². The summed E-state index contributed by atoms with van der Waals surface area (Å²) in [7, 11) is 0. The van der Waals surface area contributed by atoms with Crippen LogP contribution in [0.15, 0.2) is 54.9 Å². The number of amides is 2. The number of nitrogens with zero attached hydrogens (tertiary/aromatic N) is 3. The summed E-state index contributed by atoms with van der Waals surface area (Å²) in [6, 6.07) is 13.3. The molecule has 0 saturated carbocycles. The van der Waals surface area contributed by atoms with Crippen molar-refractivity contribution < 1.29 is 19.1 Å². The summed E-state index contributed by atoms with van der Waals surface area (Å²) >= 11 is 1.40. The number of para-hydroxylation sites is 1. The Hall–Kier alpha value is -4.16. The number of rotatable bonds is 8. The van der Waals surface area contributed by atoms with Crippen molar-refractivity contribution in [2.24, 2.45) is 0 Å². The number of aromatic nitrogens is 1. The predicted octanol–water partition coefficient (Wildman–Crippen LogP) is 4.95. The molecule has 4 rings (SSSR count). The predicted molar refractivity (Wildman–Crippen MR) is 137 cm³/mol. The molecule has 3 aromatic rings. The van der Waals surface area contributed by atoms with E-state index >= 15 is 0 Å². The van der Waals surface area contributed by atoms with Crippen LogP contribution in [-0.2, 0) is 35.5 Å². The molecule has 1 aliphatic heterocycles. The summed E-state index contributed by atoms with van der Waals surface area (Å²) in [5.41, 5.74) is 3.52. The number of nitrogens with one attached hydrogen (secondary N) is 1. The van der Waals surface area contributed by atoms with E-state index in [1.165, 1.54) is 17.4 Å². The van der Waals surface area contributed by atoms with E-state index < -0.39 is 6.09 Å². The lowest BCUT2D eigenvalue weighted by molar-refractivity contribution is -0.111. The van der Waals surface area contributed by atoms with E-state index in [1.807, 2.05) is 31.2 Å². The molecule has 0 radical (unpaired) electrons. The van der Waals surface area contributed by atoms with Gasteiger partial charge >= 0.3 is 6.09 Å². The van der Waals surface area contributed by atoms with E-state index in [-0.39, 0.29) is 18.9 Å². The first-order chi connectivity index (χ1) is 17.6. The van der Waals surface area contributed by atoms with E-state index in [9.17, 15) is 14.9 Å². The van der Waals surface area contributed by atoms with E-state index in [0.29, 0.717) is 36.9 Å². The quantitative estimate of drug-likeness (QED) is 0.437. The topological polar surface area (TPSA) is 105 Å². The highest BCUT2D eigenvalue weighted by Crippen LogP contribution is 2.37. The molecule has 2 aromatic heterocycles. The third kappa shape index (κ3) is 6.09. The first-order valence-electron chi connectivity index (χ1n) is 11.6. The minimum Gasteiger partial charge on any atom is -0.493 e. The van der Waals surface area contributed by atoms with Gasteiger partial charge in [0.15, 0.2) is 0 Å². The molecule has 1 aliphatic rings. The monoisotopic (exact) mass is 502 g/mol. The summed E-state index contributed by atoms with van der Waals surface area (Å²) in [5.74, 6) is 0.407. The van der Waals surface area contributed by atoms with Crippen molar-refractivity contribution in [2.75, 3.05) is 18.5 Å². The Morgan fingerprint density at radius 1 is 1.25 bits per heavy atom. The number of ether oxygens (including phenoxy) is 2. The van der Waals surface area contributed by atoms with Gasteiger partial charge in [-0.05, 0) is 48.7 Å². The molecule has 36 heavy (non-hydrogen) atoms. The minimum atomic E-state index is -0.394. The van der Waals surface area contributed by atoms with Gasteiger partial charge in [0.2, 0.25) is 5.91 Å². The van der Waals surface area contributed by atoms with Gasteiger partial charge < -0.3 is 19.7 Å². The lowest BCUT2D eigenvalue weighted by Gasteiger charge is -2.26. The molecule has 3 heterocycles. The number of anilines is 1. The van der Waals surface area contributed by atoms with Crippen LogP contribution in [0.4, 0.5) is 9.80 Å². The van der Waals surface area contributed by atoms with Crippen LogP contribution in [0.1, 0.15) is 34.1 Å². The second-order valence-electron chi connectivity index (χ2n) is 8.02. The summed E-state index contributed by atoms with van der Waals surface area (Å²) in [4.78, 5) is 31.9. The standard InChI is InChI=1S/C27H26N4O4S/c1-2-34-23-6-4-3-5-20(23)7-8-25(32)30-26-22(9-13-28)21-12-16-31(17-24(21)36-26)27(33)35-18-19-10-14-29-15-11-19/h3-8,10-11,14-15H,2,9,12,16-18H2,1H3,(H,30,32)/b8-7+. The summed E-state index contributed by atoms with van der Waals surface area (Å²) in [6.07, 6.45) is 6.86. The molecule has 8 nitrogen and oxygen atoms in total. The largest absolute Gasteiger partial charge is 0.493 e. The maximum absolute atomic E-state index is 12.7. The van der Waals surface area contributed by atoms with Crippen LogP contribution in [-0.4, -0.2) is 35.0 Å². The van der Waals surface area contributed by atoms with Crippen LogP contribution < -0.4 is 10.1 Å². The number of fused-ring (bicyclic) bond motifs is 1. The van der Waals surface area contributed by atoms with Gasteiger partial charge in [-0.2, -0.15) is 5.26 Å². The first kappa shape index (κ1) is 24.9. The third-order valence-corrected chi connectivity index (χ3v) is 6.84. The molecule has 1 N–H and O–H groups in total. The molecule has 9 heteroatoms. The van der Waals surface area contributed by atoms with Crippen molar-refractivity contribution in [3.63, 3.8) is 0 Å². The Kier molecular flexibility index (Phi) is 8.32. The number of hydrogen-bond donors (Lipinski definition) is 1. The van der Waals surface area contributed by atoms with Gasteiger partial charge in [-0.1, -0.05) is 18.2 Å². The van der Waals surface area contributed by atoms with Crippen LogP contribution in [0.5, 0.6) is 5.75 Å². The van der Waals surface area contributed by atoms with Crippen molar-refractivity contribution in [3.8, 4) is 11.8 Å². The molecule has 0 atom stereocenters. The smallest absolute Gasteiger partial charge is 0.410 e. The summed E-state index contributed by atoms with van der Waals surface area (Å²) in [6.45, 7) is 3.47. The van der Waals surface area contributed by atoms with Gasteiger partial charge in [0.1, 0.15) is 17.4 Å². The molecule has 0 fully saturated rings. The maximum Gasteiger partial charge on any atom is 0.410 e. The molecular weight excluding hydrogens is 476 g/mol. The lowest BCUT2D eigenvalue weighted by Crippen LogP contribution is -2.35. The molecular formula is C27H26N4O4S. The average molecular weight is 503 g/mol. The second kappa shape index (κ2) is 12.0. The number of nitriles is 1. The number of thiophene rings is 1. The Balaban J connectivity index is 1.44. The zero-order valence-electron chi connectivity index (χ0n) is 19.9. The van der Waals surface area contributed by atoms with Gasteiger partial charge in [0.05, 0.1) is 25.6 Å². The fraction of sp³-hybridized carbons (Fsp3) is 0.259. The fourth-order valence-corrected chi connectivity index (χ4v) is 5.22. The molecule has 0 aliphatic carbocycles. The zero-order valence-corrected chi connectivity index (χ0v) is 20.7. The fourth-order valence-electron chi connectivity index (χ4n) is 3.93. The third-order valence-electron chi connectivity index (χ3n) is 5.66. The first-order valence-corrected chi connectivity index (χ1v) is 12.4. The van der Waals surface area contributed by atoms with E-state index in [0.717, 1.165) is 27.1 Å². The minimum absolute atomic E-state index is 0.175. The highest BCUT2D eigenvalue weighted by atomic mass is 32.1. The highest BCUT2D eigenvalue weighted by Gasteiger charge is 2.28. The molecule has 184 valence electrons. The number of hydrogen-bond acceptors (Lipinski definition) is 7. The van der Waals surface area contributed by atoms with Gasteiger partial charge in [0.25, 0.3) is 0 Å². The van der Waals surface area contributed by atoms with Crippen LogP contribution >= 0.6 is 11.3 Å². The number of pyridine rings is 1. The number of benzene rings is 1. The Morgan fingerprint density at radius 2 is 2.06 bits per heavy atom. The van der Waals surface area contributed by atoms with Crippen molar-refractivity contribution in [1.29, 1.82) is 5.26 Å². The summed E-state index contributed by atoms with van der Waals surface area (Å²) in [5, 5.41) is 12.9. The Labute approximate surface area is 213 Å². The number of carbonyl (C=O) groups excluding carboxylic acids is 2. The highest BCUT2D eigenvalue weighted by molar-refractivity contribution is 7.16. The van der Waals surface area contributed by atoms with Gasteiger partial charge in [-0.25, -0.2) is 4.79 Å². The van der Waals surface area contributed by atoms with Crippen molar-refractivity contribution in [3.05, 3.63) is 82.0 Å². The normalized spacial score (nSPS) is 12.6. The number of carbonyl (C=O) groups is 2. The Morgan fingerprint density at radius 3 is 2.83 bits per heavy atom. The molecule has 1 aromatic carbocycles. The molecule has 2 amide bonds.